The van der Waals surface area contributed by atoms with E-state index in [0.717, 1.165) is 25.7 Å². The van der Waals surface area contributed by atoms with Gasteiger partial charge >= 0.3 is 7.82 Å². The zero-order chi connectivity index (χ0) is 22.9. The van der Waals surface area contributed by atoms with Crippen molar-refractivity contribution in [3.8, 4) is 0 Å². The Labute approximate surface area is 194 Å². The molecule has 0 saturated heterocycles. The Morgan fingerprint density at radius 3 is 0.935 bits per heavy atom. The second kappa shape index (κ2) is 24.7. The minimum atomic E-state index is -3.84. The largest absolute Gasteiger partial charge is 0.472 e. The summed E-state index contributed by atoms with van der Waals surface area (Å²) in [6, 6.07) is 0. The van der Waals surface area contributed by atoms with Crippen molar-refractivity contribution >= 4 is 7.82 Å². The van der Waals surface area contributed by atoms with Gasteiger partial charge in [-0.1, -0.05) is 142 Å². The van der Waals surface area contributed by atoms with Crippen LogP contribution in [0.4, 0.5) is 0 Å². The van der Waals surface area contributed by atoms with Crippen molar-refractivity contribution in [2.75, 3.05) is 13.2 Å². The SMILES string of the molecule is CCCCCCCCCCCCCCCCCCOP(=O)(O)OCCCCCCCC. The maximum Gasteiger partial charge on any atom is 0.472 e. The third-order valence-electron chi connectivity index (χ3n) is 6.00. The van der Waals surface area contributed by atoms with Crippen molar-refractivity contribution < 1.29 is 18.5 Å². The van der Waals surface area contributed by atoms with Crippen LogP contribution in [0.3, 0.4) is 0 Å². The smallest absolute Gasteiger partial charge is 0.302 e. The minimum Gasteiger partial charge on any atom is -0.302 e. The summed E-state index contributed by atoms with van der Waals surface area (Å²) in [7, 11) is -3.84. The third-order valence-corrected chi connectivity index (χ3v) is 7.02. The van der Waals surface area contributed by atoms with Gasteiger partial charge in [-0.05, 0) is 12.8 Å². The Hall–Kier alpha value is 0.110. The molecule has 0 aliphatic rings. The van der Waals surface area contributed by atoms with E-state index in [1.54, 1.807) is 0 Å². The molecular formula is C26H55O4P. The van der Waals surface area contributed by atoms with Gasteiger partial charge in [0.25, 0.3) is 0 Å². The average molecular weight is 463 g/mol. The van der Waals surface area contributed by atoms with Crippen LogP contribution in [0.2, 0.25) is 0 Å². The molecule has 0 bridgehead atoms. The number of phosphoric ester groups is 1. The van der Waals surface area contributed by atoms with E-state index < -0.39 is 7.82 Å². The summed E-state index contributed by atoms with van der Waals surface area (Å²) in [6.45, 7) is 5.11. The van der Waals surface area contributed by atoms with Crippen molar-refractivity contribution in [3.05, 3.63) is 0 Å². The van der Waals surface area contributed by atoms with E-state index in [1.807, 2.05) is 0 Å². The molecule has 0 aliphatic carbocycles. The molecule has 0 fully saturated rings. The van der Waals surface area contributed by atoms with Gasteiger partial charge in [0, 0.05) is 0 Å². The Bertz CT molecular complexity index is 390. The topological polar surface area (TPSA) is 55.8 Å². The van der Waals surface area contributed by atoms with E-state index in [1.165, 1.54) is 116 Å². The lowest BCUT2D eigenvalue weighted by atomic mass is 10.0. The predicted octanol–water partition coefficient (Wildman–Crippen LogP) is 9.74. The van der Waals surface area contributed by atoms with Crippen LogP contribution < -0.4 is 0 Å². The number of hydrogen-bond acceptors (Lipinski definition) is 3. The normalized spacial score (nSPS) is 13.5. The standard InChI is InChI=1S/C26H55O4P/c1-3-5-7-9-11-12-13-14-15-16-17-18-19-20-22-24-26-30-31(27,28)29-25-23-21-10-8-6-4-2/h3-26H2,1-2H3,(H,27,28). The highest BCUT2D eigenvalue weighted by Crippen LogP contribution is 2.43. The zero-order valence-corrected chi connectivity index (χ0v) is 22.0. The number of rotatable bonds is 26. The van der Waals surface area contributed by atoms with E-state index in [2.05, 4.69) is 13.8 Å². The first-order chi connectivity index (χ1) is 15.1. The van der Waals surface area contributed by atoms with Crippen LogP contribution in [0.25, 0.3) is 0 Å². The molecule has 1 atom stereocenters. The molecule has 0 amide bonds. The van der Waals surface area contributed by atoms with Crippen LogP contribution in [0.1, 0.15) is 155 Å². The summed E-state index contributed by atoms with van der Waals surface area (Å²) < 4.78 is 22.0. The lowest BCUT2D eigenvalue weighted by Crippen LogP contribution is -1.99. The maximum absolute atomic E-state index is 11.8. The molecule has 1 N–H and O–H groups in total. The molecule has 0 aromatic heterocycles. The van der Waals surface area contributed by atoms with Crippen LogP contribution in [0.15, 0.2) is 0 Å². The Morgan fingerprint density at radius 1 is 0.452 bits per heavy atom. The fourth-order valence-electron chi connectivity index (χ4n) is 3.93. The maximum atomic E-state index is 11.8. The van der Waals surface area contributed by atoms with E-state index in [9.17, 15) is 9.46 Å². The molecule has 188 valence electrons. The molecule has 4 nitrogen and oxygen atoms in total. The first-order valence-electron chi connectivity index (χ1n) is 13.7. The summed E-state index contributed by atoms with van der Waals surface area (Å²) >= 11 is 0. The molecule has 0 radical (unpaired) electrons. The fourth-order valence-corrected chi connectivity index (χ4v) is 4.72. The molecule has 5 heteroatoms. The van der Waals surface area contributed by atoms with Crippen molar-refractivity contribution in [2.24, 2.45) is 0 Å². The fraction of sp³-hybridized carbons (Fsp3) is 1.00. The van der Waals surface area contributed by atoms with Gasteiger partial charge in [-0.3, -0.25) is 9.05 Å². The molecule has 0 aliphatic heterocycles. The summed E-state index contributed by atoms with van der Waals surface area (Å²) in [6.07, 6.45) is 27.9. The summed E-state index contributed by atoms with van der Waals surface area (Å²) in [5.41, 5.74) is 0. The van der Waals surface area contributed by atoms with E-state index in [-0.39, 0.29) is 0 Å². The average Bonchev–Trinajstić information content (AvgIpc) is 2.75. The van der Waals surface area contributed by atoms with E-state index in [4.69, 9.17) is 9.05 Å². The Balaban J connectivity index is 3.25. The van der Waals surface area contributed by atoms with Gasteiger partial charge in [-0.25, -0.2) is 4.57 Å². The van der Waals surface area contributed by atoms with Gasteiger partial charge < -0.3 is 4.89 Å². The molecule has 0 aromatic rings. The lowest BCUT2D eigenvalue weighted by Gasteiger charge is -2.12. The van der Waals surface area contributed by atoms with Crippen LogP contribution in [0.5, 0.6) is 0 Å². The molecule has 0 heterocycles. The monoisotopic (exact) mass is 462 g/mol. The number of phosphoric acid groups is 1. The van der Waals surface area contributed by atoms with E-state index >= 15 is 0 Å². The summed E-state index contributed by atoms with van der Waals surface area (Å²) in [4.78, 5) is 9.69. The zero-order valence-electron chi connectivity index (χ0n) is 21.1. The molecule has 0 spiro atoms. The highest BCUT2D eigenvalue weighted by atomic mass is 31.2. The van der Waals surface area contributed by atoms with Crippen molar-refractivity contribution in [2.45, 2.75) is 155 Å². The van der Waals surface area contributed by atoms with Gasteiger partial charge in [-0.2, -0.15) is 0 Å². The molecule has 0 aromatic carbocycles. The van der Waals surface area contributed by atoms with Gasteiger partial charge in [-0.15, -0.1) is 0 Å². The molecule has 1 unspecified atom stereocenters. The quantitative estimate of drug-likeness (QED) is 0.103. The second-order valence-electron chi connectivity index (χ2n) is 9.21. The van der Waals surface area contributed by atoms with Crippen molar-refractivity contribution in [3.63, 3.8) is 0 Å². The number of unbranched alkanes of at least 4 members (excludes halogenated alkanes) is 20. The van der Waals surface area contributed by atoms with Crippen LogP contribution in [0, 0.1) is 0 Å². The van der Waals surface area contributed by atoms with Gasteiger partial charge in [0.15, 0.2) is 0 Å². The molecule has 31 heavy (non-hydrogen) atoms. The van der Waals surface area contributed by atoms with E-state index in [0.29, 0.717) is 13.2 Å². The van der Waals surface area contributed by atoms with Crippen molar-refractivity contribution in [1.82, 2.24) is 0 Å². The van der Waals surface area contributed by atoms with Crippen LogP contribution in [-0.4, -0.2) is 18.1 Å². The molecule has 0 saturated carbocycles. The van der Waals surface area contributed by atoms with Gasteiger partial charge in [0.05, 0.1) is 13.2 Å². The number of hydrogen-bond donors (Lipinski definition) is 1. The Kier molecular flexibility index (Phi) is 24.8. The van der Waals surface area contributed by atoms with Gasteiger partial charge in [0.1, 0.15) is 0 Å². The third kappa shape index (κ3) is 26.2. The highest BCUT2D eigenvalue weighted by Gasteiger charge is 2.19. The minimum absolute atomic E-state index is 0.318. The molecule has 0 rings (SSSR count). The summed E-state index contributed by atoms with van der Waals surface area (Å²) in [5, 5.41) is 0. The first kappa shape index (κ1) is 31.1. The summed E-state index contributed by atoms with van der Waals surface area (Å²) in [5.74, 6) is 0. The first-order valence-corrected chi connectivity index (χ1v) is 15.2. The van der Waals surface area contributed by atoms with Crippen LogP contribution >= 0.6 is 7.82 Å². The van der Waals surface area contributed by atoms with Crippen molar-refractivity contribution in [1.29, 1.82) is 0 Å². The molecular weight excluding hydrogens is 407 g/mol. The Morgan fingerprint density at radius 2 is 0.677 bits per heavy atom. The predicted molar refractivity (Wildman–Crippen MR) is 135 cm³/mol. The van der Waals surface area contributed by atoms with Gasteiger partial charge in [0.2, 0.25) is 0 Å². The lowest BCUT2D eigenvalue weighted by molar-refractivity contribution is 0.145. The van der Waals surface area contributed by atoms with Crippen LogP contribution in [-0.2, 0) is 13.6 Å². The second-order valence-corrected chi connectivity index (χ2v) is 10.7. The highest BCUT2D eigenvalue weighted by molar-refractivity contribution is 7.47.